The average Bonchev–Trinajstić information content (AvgIpc) is 3.26. The van der Waals surface area contributed by atoms with Crippen molar-refractivity contribution in [2.45, 2.75) is 5.92 Å². The fourth-order valence-electron chi connectivity index (χ4n) is 3.98. The predicted molar refractivity (Wildman–Crippen MR) is 116 cm³/mol. The molecule has 0 amide bonds. The Labute approximate surface area is 167 Å². The predicted octanol–water partition coefficient (Wildman–Crippen LogP) is 6.65. The Hall–Kier alpha value is -3.30. The molecule has 0 saturated carbocycles. The molecule has 1 heterocycles. The molecule has 5 rings (SSSR count). The molecule has 0 bridgehead atoms. The van der Waals surface area contributed by atoms with Crippen LogP contribution in [-0.4, -0.2) is 10.2 Å². The number of rotatable bonds is 3. The molecule has 5 aromatic rings. The molecule has 1 aromatic heterocycles. The second-order valence-corrected chi connectivity index (χ2v) is 7.72. The van der Waals surface area contributed by atoms with Crippen LogP contribution in [0, 0.1) is 0 Å². The Morgan fingerprint density at radius 3 is 1.64 bits per heavy atom. The molecule has 0 atom stereocenters. The first-order valence-electron chi connectivity index (χ1n) is 9.17. The lowest BCUT2D eigenvalue weighted by molar-refractivity contribution is 0.465. The van der Waals surface area contributed by atoms with Crippen LogP contribution in [0.3, 0.4) is 0 Å². The van der Waals surface area contributed by atoms with Crippen LogP contribution in [0.1, 0.15) is 22.6 Å². The summed E-state index contributed by atoms with van der Waals surface area (Å²) < 4.78 is 0. The Kier molecular flexibility index (Phi) is 4.03. The Morgan fingerprint density at radius 1 is 0.607 bits per heavy atom. The van der Waals surface area contributed by atoms with Crippen LogP contribution in [0.25, 0.3) is 21.5 Å². The van der Waals surface area contributed by atoms with Crippen molar-refractivity contribution in [3.05, 3.63) is 106 Å². The van der Waals surface area contributed by atoms with E-state index in [0.29, 0.717) is 0 Å². The highest BCUT2D eigenvalue weighted by molar-refractivity contribution is 7.08. The minimum Gasteiger partial charge on any atom is -0.507 e. The zero-order valence-electron chi connectivity index (χ0n) is 15.0. The van der Waals surface area contributed by atoms with Crippen molar-refractivity contribution in [1.29, 1.82) is 0 Å². The molecule has 3 heteroatoms. The van der Waals surface area contributed by atoms with Crippen molar-refractivity contribution in [1.82, 2.24) is 0 Å². The van der Waals surface area contributed by atoms with Crippen molar-refractivity contribution in [2.75, 3.05) is 0 Å². The zero-order chi connectivity index (χ0) is 19.1. The first kappa shape index (κ1) is 16.8. The summed E-state index contributed by atoms with van der Waals surface area (Å²) in [5, 5.41) is 29.9. The molecule has 0 aliphatic carbocycles. The lowest BCUT2D eigenvalue weighted by Gasteiger charge is -2.21. The second-order valence-electron chi connectivity index (χ2n) is 6.94. The molecule has 0 fully saturated rings. The van der Waals surface area contributed by atoms with Gasteiger partial charge in [0.05, 0.1) is 0 Å². The maximum Gasteiger partial charge on any atom is 0.127 e. The number of benzene rings is 4. The van der Waals surface area contributed by atoms with Crippen molar-refractivity contribution in [3.8, 4) is 11.5 Å². The van der Waals surface area contributed by atoms with E-state index >= 15 is 0 Å². The summed E-state index contributed by atoms with van der Waals surface area (Å²) in [5.41, 5.74) is 2.64. The quantitative estimate of drug-likeness (QED) is 0.367. The number of hydrogen-bond donors (Lipinski definition) is 2. The van der Waals surface area contributed by atoms with Gasteiger partial charge in [-0.05, 0) is 33.2 Å². The molecule has 0 aliphatic heterocycles. The highest BCUT2D eigenvalue weighted by Crippen LogP contribution is 2.45. The van der Waals surface area contributed by atoms with E-state index in [1.165, 1.54) is 0 Å². The summed E-state index contributed by atoms with van der Waals surface area (Å²) >= 11 is 1.61. The second kappa shape index (κ2) is 6.70. The van der Waals surface area contributed by atoms with Gasteiger partial charge in [0.25, 0.3) is 0 Å². The third-order valence-corrected chi connectivity index (χ3v) is 6.06. The van der Waals surface area contributed by atoms with E-state index in [-0.39, 0.29) is 17.4 Å². The molecule has 0 unspecified atom stereocenters. The molecular weight excluding hydrogens is 364 g/mol. The van der Waals surface area contributed by atoms with E-state index in [9.17, 15) is 10.2 Å². The van der Waals surface area contributed by atoms with Crippen molar-refractivity contribution >= 4 is 32.9 Å². The van der Waals surface area contributed by atoms with Crippen LogP contribution in [0.5, 0.6) is 11.5 Å². The number of aromatic hydroxyl groups is 2. The van der Waals surface area contributed by atoms with Gasteiger partial charge in [-0.3, -0.25) is 0 Å². The van der Waals surface area contributed by atoms with E-state index in [1.54, 1.807) is 11.3 Å². The molecule has 0 aliphatic rings. The zero-order valence-corrected chi connectivity index (χ0v) is 15.9. The summed E-state index contributed by atoms with van der Waals surface area (Å²) in [5.74, 6) is 0.282. The normalized spacial score (nSPS) is 11.5. The van der Waals surface area contributed by atoms with Crippen LogP contribution in [0.4, 0.5) is 0 Å². The van der Waals surface area contributed by atoms with Crippen LogP contribution < -0.4 is 0 Å². The number of fused-ring (bicyclic) bond motifs is 2. The van der Waals surface area contributed by atoms with Crippen molar-refractivity contribution in [2.24, 2.45) is 0 Å². The Bertz CT molecular complexity index is 1200. The molecule has 2 N–H and O–H groups in total. The van der Waals surface area contributed by atoms with Crippen LogP contribution in [0.15, 0.2) is 89.6 Å². The van der Waals surface area contributed by atoms with Gasteiger partial charge in [0.2, 0.25) is 0 Å². The Balaban J connectivity index is 1.80. The van der Waals surface area contributed by atoms with E-state index < -0.39 is 0 Å². The van der Waals surface area contributed by atoms with E-state index in [1.807, 2.05) is 78.2 Å². The topological polar surface area (TPSA) is 40.5 Å². The van der Waals surface area contributed by atoms with E-state index in [2.05, 4.69) is 11.4 Å². The average molecular weight is 382 g/mol. The monoisotopic (exact) mass is 382 g/mol. The molecular formula is C25H18O2S. The Morgan fingerprint density at radius 2 is 1.14 bits per heavy atom. The van der Waals surface area contributed by atoms with Gasteiger partial charge in [-0.25, -0.2) is 0 Å². The number of phenolic OH excluding ortho intramolecular Hbond substituents is 2. The third kappa shape index (κ3) is 2.63. The summed E-state index contributed by atoms with van der Waals surface area (Å²) in [6, 6.07) is 25.7. The molecule has 136 valence electrons. The highest BCUT2D eigenvalue weighted by atomic mass is 32.1. The fourth-order valence-corrected chi connectivity index (χ4v) is 4.66. The van der Waals surface area contributed by atoms with E-state index in [4.69, 9.17) is 0 Å². The first-order chi connectivity index (χ1) is 13.7. The maximum absolute atomic E-state index is 11.1. The summed E-state index contributed by atoms with van der Waals surface area (Å²) in [7, 11) is 0. The number of thiophene rings is 1. The summed E-state index contributed by atoms with van der Waals surface area (Å²) in [6.07, 6.45) is 0. The lowest BCUT2D eigenvalue weighted by Crippen LogP contribution is -2.03. The minimum atomic E-state index is -0.250. The molecule has 0 radical (unpaired) electrons. The van der Waals surface area contributed by atoms with E-state index in [0.717, 1.165) is 38.2 Å². The van der Waals surface area contributed by atoms with Crippen molar-refractivity contribution in [3.63, 3.8) is 0 Å². The minimum absolute atomic E-state index is 0.250. The van der Waals surface area contributed by atoms with Gasteiger partial charge in [-0.1, -0.05) is 72.8 Å². The molecule has 2 nitrogen and oxygen atoms in total. The molecule has 0 saturated heterocycles. The summed E-state index contributed by atoms with van der Waals surface area (Å²) in [4.78, 5) is 0. The number of phenols is 2. The smallest absolute Gasteiger partial charge is 0.127 e. The molecule has 28 heavy (non-hydrogen) atoms. The largest absolute Gasteiger partial charge is 0.507 e. The van der Waals surface area contributed by atoms with Gasteiger partial charge < -0.3 is 10.2 Å². The third-order valence-electron chi connectivity index (χ3n) is 5.36. The number of hydrogen-bond acceptors (Lipinski definition) is 3. The SMILES string of the molecule is Oc1c(C(c2ccsc2)c2ccc3ccccc3c2O)ccc2ccccc12. The van der Waals surface area contributed by atoms with Gasteiger partial charge in [0.1, 0.15) is 11.5 Å². The van der Waals surface area contributed by atoms with Gasteiger partial charge in [0, 0.05) is 27.8 Å². The van der Waals surface area contributed by atoms with Crippen LogP contribution >= 0.6 is 11.3 Å². The van der Waals surface area contributed by atoms with Gasteiger partial charge in [-0.2, -0.15) is 11.3 Å². The van der Waals surface area contributed by atoms with Gasteiger partial charge in [0.15, 0.2) is 0 Å². The van der Waals surface area contributed by atoms with Gasteiger partial charge >= 0.3 is 0 Å². The highest BCUT2D eigenvalue weighted by Gasteiger charge is 2.25. The molecule has 4 aromatic carbocycles. The fraction of sp³-hybridized carbons (Fsp3) is 0.0400. The van der Waals surface area contributed by atoms with Crippen LogP contribution in [0.2, 0.25) is 0 Å². The van der Waals surface area contributed by atoms with Gasteiger partial charge in [-0.15, -0.1) is 0 Å². The molecule has 0 spiro atoms. The van der Waals surface area contributed by atoms with Crippen molar-refractivity contribution < 1.29 is 10.2 Å². The van der Waals surface area contributed by atoms with Crippen LogP contribution in [-0.2, 0) is 0 Å². The standard InChI is InChI=1S/C25H18O2S/c26-24-19-7-3-1-5-16(19)9-11-21(24)23(18-13-14-28-15-18)22-12-10-17-6-2-4-8-20(17)25(22)27/h1-15,23,26-27H. The lowest BCUT2D eigenvalue weighted by atomic mass is 9.83. The summed E-state index contributed by atoms with van der Waals surface area (Å²) in [6.45, 7) is 0. The maximum atomic E-state index is 11.1. The first-order valence-corrected chi connectivity index (χ1v) is 10.1.